The molecule has 0 saturated carbocycles. The van der Waals surface area contributed by atoms with Gasteiger partial charge in [-0.15, -0.1) is 0 Å². The Morgan fingerprint density at radius 1 is 1.16 bits per heavy atom. The number of nitrogens with zero attached hydrogens (tertiary/aromatic N) is 5. The first kappa shape index (κ1) is 20.9. The number of benzene rings is 1. The highest BCUT2D eigenvalue weighted by atomic mass is 19.1. The number of hydrogen-bond acceptors (Lipinski definition) is 8. The van der Waals surface area contributed by atoms with Gasteiger partial charge >= 0.3 is 0 Å². The zero-order valence-corrected chi connectivity index (χ0v) is 17.8. The van der Waals surface area contributed by atoms with Gasteiger partial charge in [0, 0.05) is 31.1 Å². The summed E-state index contributed by atoms with van der Waals surface area (Å²) in [7, 11) is 1.47. The minimum Gasteiger partial charge on any atom is -0.497 e. The van der Waals surface area contributed by atoms with Crippen LogP contribution in [-0.2, 0) is 0 Å². The molecule has 2 aromatic heterocycles. The number of carbonyl (C=O) groups excluding carboxylic acids is 1. The molecular formula is C22H25FN6O2. The predicted molar refractivity (Wildman–Crippen MR) is 116 cm³/mol. The number of ether oxygens (including phenoxy) is 1. The van der Waals surface area contributed by atoms with Crippen LogP contribution in [-0.4, -0.2) is 52.2 Å². The average molecular weight is 424 g/mol. The van der Waals surface area contributed by atoms with Crippen molar-refractivity contribution in [3.05, 3.63) is 42.0 Å². The van der Waals surface area contributed by atoms with Crippen LogP contribution in [0.25, 0.3) is 11.0 Å². The van der Waals surface area contributed by atoms with Crippen LogP contribution in [0.5, 0.6) is 5.75 Å². The van der Waals surface area contributed by atoms with Gasteiger partial charge in [0.05, 0.1) is 25.1 Å². The topological polar surface area (TPSA) is 93.1 Å². The van der Waals surface area contributed by atoms with Crippen LogP contribution in [0, 0.1) is 11.7 Å². The maximum Gasteiger partial charge on any atom is 0.172 e. The number of methoxy groups -OCH3 is 1. The van der Waals surface area contributed by atoms with E-state index >= 15 is 0 Å². The third kappa shape index (κ3) is 4.40. The highest BCUT2D eigenvalue weighted by Crippen LogP contribution is 2.31. The molecule has 1 saturated heterocycles. The van der Waals surface area contributed by atoms with Gasteiger partial charge in [0.1, 0.15) is 22.6 Å². The number of anilines is 2. The van der Waals surface area contributed by atoms with Gasteiger partial charge < -0.3 is 15.0 Å². The van der Waals surface area contributed by atoms with E-state index in [1.807, 2.05) is 13.8 Å². The molecule has 1 fully saturated rings. The van der Waals surface area contributed by atoms with Gasteiger partial charge in [-0.05, 0) is 38.8 Å². The molecule has 1 N–H and O–H groups in total. The minimum absolute atomic E-state index is 0.116. The Morgan fingerprint density at radius 2 is 1.84 bits per heavy atom. The number of aromatic nitrogens is 4. The summed E-state index contributed by atoms with van der Waals surface area (Å²) in [5.41, 5.74) is 1.45. The monoisotopic (exact) mass is 424 g/mol. The number of rotatable bonds is 6. The second-order valence-electron chi connectivity index (χ2n) is 7.93. The molecule has 0 bridgehead atoms. The van der Waals surface area contributed by atoms with E-state index in [1.165, 1.54) is 19.2 Å². The van der Waals surface area contributed by atoms with Gasteiger partial charge in [0.25, 0.3) is 0 Å². The summed E-state index contributed by atoms with van der Waals surface area (Å²) in [6, 6.07) is 4.55. The van der Waals surface area contributed by atoms with Crippen molar-refractivity contribution in [2.45, 2.75) is 32.7 Å². The third-order valence-electron chi connectivity index (χ3n) is 5.39. The predicted octanol–water partition coefficient (Wildman–Crippen LogP) is 3.49. The molecule has 1 aliphatic rings. The standard InChI is InChI=1S/C22H25FN6O2/c1-13(2)26-21-22(28-19-12-25-24-11-18(19)27-21)29-8-6-14(7-9-29)20(30)16-5-4-15(31-3)10-17(16)23/h4-5,10-14H,6-9H2,1-3H3,(H,26,27). The Labute approximate surface area is 179 Å². The Morgan fingerprint density at radius 3 is 2.45 bits per heavy atom. The summed E-state index contributed by atoms with van der Waals surface area (Å²) in [6.45, 7) is 5.32. The van der Waals surface area contributed by atoms with Gasteiger partial charge in [0.2, 0.25) is 0 Å². The summed E-state index contributed by atoms with van der Waals surface area (Å²) in [5, 5.41) is 11.1. The van der Waals surface area contributed by atoms with E-state index in [9.17, 15) is 9.18 Å². The average Bonchev–Trinajstić information content (AvgIpc) is 2.78. The van der Waals surface area contributed by atoms with Crippen molar-refractivity contribution in [3.63, 3.8) is 0 Å². The zero-order valence-electron chi connectivity index (χ0n) is 17.8. The number of halogens is 1. The molecule has 162 valence electrons. The fraction of sp³-hybridized carbons (Fsp3) is 0.409. The highest BCUT2D eigenvalue weighted by molar-refractivity contribution is 5.98. The first-order chi connectivity index (χ1) is 15.0. The van der Waals surface area contributed by atoms with Crippen molar-refractivity contribution in [2.24, 2.45) is 5.92 Å². The lowest BCUT2D eigenvalue weighted by Gasteiger charge is -2.33. The summed E-state index contributed by atoms with van der Waals surface area (Å²) in [4.78, 5) is 24.4. The Kier molecular flexibility index (Phi) is 5.92. The molecule has 0 aliphatic carbocycles. The Balaban J connectivity index is 1.53. The fourth-order valence-electron chi connectivity index (χ4n) is 3.80. The normalized spacial score (nSPS) is 14.8. The number of nitrogens with one attached hydrogen (secondary N) is 1. The second-order valence-corrected chi connectivity index (χ2v) is 7.93. The molecule has 0 atom stereocenters. The molecule has 31 heavy (non-hydrogen) atoms. The van der Waals surface area contributed by atoms with Crippen LogP contribution in [0.15, 0.2) is 30.6 Å². The van der Waals surface area contributed by atoms with Crippen LogP contribution in [0.2, 0.25) is 0 Å². The molecule has 3 aromatic rings. The third-order valence-corrected chi connectivity index (χ3v) is 5.39. The quantitative estimate of drug-likeness (QED) is 0.601. The second kappa shape index (κ2) is 8.79. The Bertz CT molecular complexity index is 1100. The number of Topliss-reactive ketones (excluding diaryl/α,β-unsaturated/α-hetero) is 1. The van der Waals surface area contributed by atoms with Crippen LogP contribution in [0.3, 0.4) is 0 Å². The fourth-order valence-corrected chi connectivity index (χ4v) is 3.80. The molecule has 0 amide bonds. The smallest absolute Gasteiger partial charge is 0.172 e. The van der Waals surface area contributed by atoms with E-state index in [0.29, 0.717) is 48.5 Å². The van der Waals surface area contributed by atoms with Crippen LogP contribution >= 0.6 is 0 Å². The Hall–Kier alpha value is -3.36. The van der Waals surface area contributed by atoms with Crippen molar-refractivity contribution >= 4 is 28.5 Å². The summed E-state index contributed by atoms with van der Waals surface area (Å²) in [5.74, 6) is 0.864. The minimum atomic E-state index is -0.545. The van der Waals surface area contributed by atoms with Crippen molar-refractivity contribution in [2.75, 3.05) is 30.4 Å². The van der Waals surface area contributed by atoms with E-state index in [4.69, 9.17) is 9.72 Å². The number of carbonyl (C=O) groups is 1. The van der Waals surface area contributed by atoms with Crippen LogP contribution in [0.4, 0.5) is 16.0 Å². The molecule has 1 aromatic carbocycles. The van der Waals surface area contributed by atoms with Gasteiger partial charge in [-0.25, -0.2) is 14.4 Å². The first-order valence-electron chi connectivity index (χ1n) is 10.3. The molecule has 4 rings (SSSR count). The number of hydrogen-bond donors (Lipinski definition) is 1. The number of fused-ring (bicyclic) bond motifs is 1. The maximum atomic E-state index is 14.4. The van der Waals surface area contributed by atoms with Crippen LogP contribution in [0.1, 0.15) is 37.0 Å². The molecular weight excluding hydrogens is 399 g/mol. The van der Waals surface area contributed by atoms with Gasteiger partial charge in [0.15, 0.2) is 17.4 Å². The molecule has 0 radical (unpaired) electrons. The lowest BCUT2D eigenvalue weighted by Crippen LogP contribution is -2.37. The largest absolute Gasteiger partial charge is 0.497 e. The van der Waals surface area contributed by atoms with Crippen molar-refractivity contribution in [3.8, 4) is 5.75 Å². The van der Waals surface area contributed by atoms with E-state index in [1.54, 1.807) is 18.5 Å². The van der Waals surface area contributed by atoms with Gasteiger partial charge in [-0.2, -0.15) is 10.2 Å². The van der Waals surface area contributed by atoms with E-state index in [-0.39, 0.29) is 23.3 Å². The molecule has 1 aliphatic heterocycles. The molecule has 8 nitrogen and oxygen atoms in total. The van der Waals surface area contributed by atoms with Crippen LogP contribution < -0.4 is 15.0 Å². The molecule has 0 unspecified atom stereocenters. The number of piperidine rings is 1. The highest BCUT2D eigenvalue weighted by Gasteiger charge is 2.29. The lowest BCUT2D eigenvalue weighted by molar-refractivity contribution is 0.0896. The number of ketones is 1. The summed E-state index contributed by atoms with van der Waals surface area (Å²) >= 11 is 0. The van der Waals surface area contributed by atoms with E-state index in [0.717, 1.165) is 5.82 Å². The first-order valence-corrected chi connectivity index (χ1v) is 10.3. The molecule has 0 spiro atoms. The van der Waals surface area contributed by atoms with Crippen molar-refractivity contribution < 1.29 is 13.9 Å². The van der Waals surface area contributed by atoms with E-state index in [2.05, 4.69) is 25.4 Å². The van der Waals surface area contributed by atoms with Gasteiger partial charge in [-0.1, -0.05) is 0 Å². The van der Waals surface area contributed by atoms with E-state index < -0.39 is 5.82 Å². The summed E-state index contributed by atoms with van der Waals surface area (Å²) < 4.78 is 19.4. The molecule has 3 heterocycles. The summed E-state index contributed by atoms with van der Waals surface area (Å²) in [6.07, 6.45) is 4.40. The molecule has 9 heteroatoms. The van der Waals surface area contributed by atoms with Crippen molar-refractivity contribution in [1.29, 1.82) is 0 Å². The van der Waals surface area contributed by atoms with Crippen molar-refractivity contribution in [1.82, 2.24) is 20.2 Å². The SMILES string of the molecule is COc1ccc(C(=O)C2CCN(c3nc4cnncc4nc3NC(C)C)CC2)c(F)c1. The van der Waals surface area contributed by atoms with Gasteiger partial charge in [-0.3, -0.25) is 4.79 Å². The zero-order chi connectivity index (χ0) is 22.0. The maximum absolute atomic E-state index is 14.4. The lowest BCUT2D eigenvalue weighted by atomic mass is 9.88.